The zero-order valence-corrected chi connectivity index (χ0v) is 10.3. The van der Waals surface area contributed by atoms with Crippen molar-refractivity contribution < 1.29 is 0 Å². The van der Waals surface area contributed by atoms with E-state index in [4.69, 9.17) is 16.9 Å². The summed E-state index contributed by atoms with van der Waals surface area (Å²) in [6.07, 6.45) is 3.84. The van der Waals surface area contributed by atoms with E-state index in [1.165, 1.54) is 0 Å². The van der Waals surface area contributed by atoms with Crippen LogP contribution in [0.5, 0.6) is 0 Å². The molecule has 78 valence electrons. The number of halogens is 2. The average molecular weight is 286 g/mol. The number of anilines is 1. The number of hydrogen-bond donors (Lipinski definition) is 1. The van der Waals surface area contributed by atoms with Crippen LogP contribution >= 0.6 is 27.5 Å². The van der Waals surface area contributed by atoms with Gasteiger partial charge in [0.1, 0.15) is 0 Å². The van der Waals surface area contributed by atoms with Crippen LogP contribution in [0, 0.1) is 11.3 Å². The molecule has 0 saturated carbocycles. The van der Waals surface area contributed by atoms with Crippen LogP contribution in [-0.2, 0) is 0 Å². The van der Waals surface area contributed by atoms with Gasteiger partial charge in [0.05, 0.1) is 11.6 Å². The average Bonchev–Trinajstić information content (AvgIpc) is 2.26. The van der Waals surface area contributed by atoms with Gasteiger partial charge in [-0.1, -0.05) is 12.2 Å². The molecule has 0 aromatic heterocycles. The van der Waals surface area contributed by atoms with Crippen LogP contribution in [-0.4, -0.2) is 12.4 Å². The van der Waals surface area contributed by atoms with Crippen molar-refractivity contribution in [3.63, 3.8) is 0 Å². The summed E-state index contributed by atoms with van der Waals surface area (Å²) in [7, 11) is 0. The Bertz CT molecular complexity index is 396. The Balaban J connectivity index is 2.63. The second-order valence-corrected chi connectivity index (χ2v) is 3.98. The third-order valence-electron chi connectivity index (χ3n) is 1.76. The van der Waals surface area contributed by atoms with Gasteiger partial charge in [0.25, 0.3) is 0 Å². The van der Waals surface area contributed by atoms with Crippen molar-refractivity contribution >= 4 is 33.2 Å². The molecule has 4 heteroatoms. The molecule has 0 radical (unpaired) electrons. The first-order valence-electron chi connectivity index (χ1n) is 4.42. The van der Waals surface area contributed by atoms with Crippen molar-refractivity contribution in [2.45, 2.75) is 0 Å². The molecular formula is C11H10BrClN2. The topological polar surface area (TPSA) is 35.8 Å². The third kappa shape index (κ3) is 3.94. The molecule has 0 aliphatic carbocycles. The highest BCUT2D eigenvalue weighted by Crippen LogP contribution is 2.23. The predicted molar refractivity (Wildman–Crippen MR) is 67.2 cm³/mol. The monoisotopic (exact) mass is 284 g/mol. The molecule has 0 aliphatic rings. The molecule has 1 aromatic rings. The number of hydrogen-bond acceptors (Lipinski definition) is 2. The van der Waals surface area contributed by atoms with Gasteiger partial charge < -0.3 is 5.32 Å². The van der Waals surface area contributed by atoms with Gasteiger partial charge >= 0.3 is 0 Å². The number of nitrogens with zero attached hydrogens (tertiary/aromatic N) is 1. The maximum absolute atomic E-state index is 8.68. The second kappa shape index (κ2) is 6.49. The van der Waals surface area contributed by atoms with Crippen LogP contribution in [0.1, 0.15) is 5.56 Å². The third-order valence-corrected chi connectivity index (χ3v) is 2.60. The lowest BCUT2D eigenvalue weighted by atomic mass is 10.2. The van der Waals surface area contributed by atoms with Crippen LogP contribution in [0.4, 0.5) is 5.69 Å². The van der Waals surface area contributed by atoms with Crippen LogP contribution in [0.15, 0.2) is 34.8 Å². The Labute approximate surface area is 103 Å². The number of benzene rings is 1. The van der Waals surface area contributed by atoms with E-state index < -0.39 is 0 Å². The predicted octanol–water partition coefficient (Wildman–Crippen LogP) is 3.53. The van der Waals surface area contributed by atoms with Gasteiger partial charge in [0.2, 0.25) is 0 Å². The van der Waals surface area contributed by atoms with Crippen molar-refractivity contribution in [1.29, 1.82) is 5.26 Å². The van der Waals surface area contributed by atoms with E-state index in [1.807, 2.05) is 18.2 Å². The first-order valence-corrected chi connectivity index (χ1v) is 5.75. The number of rotatable bonds is 4. The standard InChI is InChI=1S/C11H10BrClN2/c12-10-7-9(8-14)3-4-11(10)15-6-2-1-5-13/h1-4,7,15H,5-6H2/b2-1+. The first-order chi connectivity index (χ1) is 7.27. The Kier molecular flexibility index (Phi) is 5.23. The zero-order chi connectivity index (χ0) is 11.1. The second-order valence-electron chi connectivity index (χ2n) is 2.81. The van der Waals surface area contributed by atoms with E-state index >= 15 is 0 Å². The number of alkyl halides is 1. The summed E-state index contributed by atoms with van der Waals surface area (Å²) in [4.78, 5) is 0. The molecule has 1 aromatic carbocycles. The first kappa shape index (κ1) is 12.1. The molecule has 0 aliphatic heterocycles. The summed E-state index contributed by atoms with van der Waals surface area (Å²) in [6.45, 7) is 0.719. The summed E-state index contributed by atoms with van der Waals surface area (Å²) < 4.78 is 0.890. The van der Waals surface area contributed by atoms with Gasteiger partial charge in [-0.2, -0.15) is 5.26 Å². The minimum Gasteiger partial charge on any atom is -0.381 e. The lowest BCUT2D eigenvalue weighted by molar-refractivity contribution is 1.31. The molecule has 1 N–H and O–H groups in total. The summed E-state index contributed by atoms with van der Waals surface area (Å²) in [5, 5.41) is 11.9. The van der Waals surface area contributed by atoms with E-state index in [-0.39, 0.29) is 0 Å². The van der Waals surface area contributed by atoms with Crippen molar-refractivity contribution in [3.8, 4) is 6.07 Å². The van der Waals surface area contributed by atoms with Gasteiger partial charge in [-0.15, -0.1) is 11.6 Å². The van der Waals surface area contributed by atoms with E-state index in [1.54, 1.807) is 12.1 Å². The van der Waals surface area contributed by atoms with E-state index in [9.17, 15) is 0 Å². The maximum Gasteiger partial charge on any atom is 0.0992 e. The van der Waals surface area contributed by atoms with Crippen molar-refractivity contribution in [3.05, 3.63) is 40.4 Å². The van der Waals surface area contributed by atoms with E-state index in [0.29, 0.717) is 11.4 Å². The van der Waals surface area contributed by atoms with Gasteiger partial charge in [0.15, 0.2) is 0 Å². The number of allylic oxidation sites excluding steroid dienone is 1. The highest BCUT2D eigenvalue weighted by Gasteiger charge is 1.99. The van der Waals surface area contributed by atoms with Gasteiger partial charge in [-0.05, 0) is 34.1 Å². The molecule has 0 fully saturated rings. The van der Waals surface area contributed by atoms with Crippen molar-refractivity contribution in [1.82, 2.24) is 0 Å². The van der Waals surface area contributed by atoms with E-state index in [2.05, 4.69) is 27.3 Å². The fraction of sp³-hybridized carbons (Fsp3) is 0.182. The summed E-state index contributed by atoms with van der Waals surface area (Å²) in [5.41, 5.74) is 1.61. The van der Waals surface area contributed by atoms with Crippen LogP contribution in [0.25, 0.3) is 0 Å². The molecule has 15 heavy (non-hydrogen) atoms. The molecule has 0 spiro atoms. The maximum atomic E-state index is 8.68. The minimum absolute atomic E-state index is 0.524. The van der Waals surface area contributed by atoms with Crippen molar-refractivity contribution in [2.75, 3.05) is 17.7 Å². The molecule has 0 amide bonds. The fourth-order valence-corrected chi connectivity index (χ4v) is 1.69. The molecular weight excluding hydrogens is 275 g/mol. The lowest BCUT2D eigenvalue weighted by Gasteiger charge is -2.05. The Morgan fingerprint density at radius 1 is 1.47 bits per heavy atom. The summed E-state index contributed by atoms with van der Waals surface area (Å²) >= 11 is 8.89. The largest absolute Gasteiger partial charge is 0.381 e. The Morgan fingerprint density at radius 3 is 2.87 bits per heavy atom. The van der Waals surface area contributed by atoms with Crippen LogP contribution in [0.2, 0.25) is 0 Å². The van der Waals surface area contributed by atoms with Crippen LogP contribution in [0.3, 0.4) is 0 Å². The highest BCUT2D eigenvalue weighted by molar-refractivity contribution is 9.10. The number of nitriles is 1. The van der Waals surface area contributed by atoms with Crippen molar-refractivity contribution in [2.24, 2.45) is 0 Å². The highest BCUT2D eigenvalue weighted by atomic mass is 79.9. The molecule has 0 saturated heterocycles. The van der Waals surface area contributed by atoms with Crippen LogP contribution < -0.4 is 5.32 Å². The summed E-state index contributed by atoms with van der Waals surface area (Å²) in [6, 6.07) is 7.52. The minimum atomic E-state index is 0.524. The normalized spacial score (nSPS) is 10.2. The molecule has 0 heterocycles. The van der Waals surface area contributed by atoms with Gasteiger partial charge in [0, 0.05) is 22.6 Å². The van der Waals surface area contributed by atoms with Gasteiger partial charge in [-0.25, -0.2) is 0 Å². The Morgan fingerprint density at radius 2 is 2.27 bits per heavy atom. The van der Waals surface area contributed by atoms with E-state index in [0.717, 1.165) is 16.7 Å². The Hall–Kier alpha value is -0.980. The lowest BCUT2D eigenvalue weighted by Crippen LogP contribution is -1.99. The SMILES string of the molecule is N#Cc1ccc(NC/C=C/CCl)c(Br)c1. The fourth-order valence-electron chi connectivity index (χ4n) is 1.04. The molecule has 0 atom stereocenters. The quantitative estimate of drug-likeness (QED) is 0.678. The summed E-state index contributed by atoms with van der Waals surface area (Å²) in [5.74, 6) is 0.524. The molecule has 2 nitrogen and oxygen atoms in total. The smallest absolute Gasteiger partial charge is 0.0992 e. The molecule has 1 rings (SSSR count). The molecule has 0 unspecified atom stereocenters. The molecule has 0 bridgehead atoms. The zero-order valence-electron chi connectivity index (χ0n) is 8.00. The number of nitrogens with one attached hydrogen (secondary N) is 1. The van der Waals surface area contributed by atoms with Gasteiger partial charge in [-0.3, -0.25) is 0 Å².